The number of hydrogen-bond acceptors (Lipinski definition) is 4. The predicted octanol–water partition coefficient (Wildman–Crippen LogP) is 0.916. The smallest absolute Gasteiger partial charge is 0.254 e. The Kier molecular flexibility index (Phi) is 5.30. The molecular weight excluding hydrogens is 272 g/mol. The van der Waals surface area contributed by atoms with Gasteiger partial charge in [-0.3, -0.25) is 9.59 Å². The first-order valence-corrected chi connectivity index (χ1v) is 6.85. The van der Waals surface area contributed by atoms with E-state index in [-0.39, 0.29) is 11.8 Å². The molecule has 1 heterocycles. The van der Waals surface area contributed by atoms with Crippen LogP contribution in [0.4, 0.5) is 5.69 Å². The number of carbonyl (C=O) groups is 2. The van der Waals surface area contributed by atoms with E-state index in [0.717, 1.165) is 11.3 Å². The molecule has 1 aromatic carbocycles. The molecule has 0 unspecified atom stereocenters. The largest absolute Gasteiger partial charge is 0.383 e. The number of hydrogen-bond donors (Lipinski definition) is 1. The lowest BCUT2D eigenvalue weighted by Crippen LogP contribution is -2.36. The lowest BCUT2D eigenvalue weighted by atomic mass is 10.1. The highest BCUT2D eigenvalue weighted by molar-refractivity contribution is 6.02. The van der Waals surface area contributed by atoms with Gasteiger partial charge in [-0.1, -0.05) is 6.07 Å². The molecule has 1 aromatic rings. The first kappa shape index (κ1) is 15.5. The molecule has 0 fully saturated rings. The van der Waals surface area contributed by atoms with Gasteiger partial charge in [0.25, 0.3) is 5.91 Å². The summed E-state index contributed by atoms with van der Waals surface area (Å²) in [4.78, 5) is 25.6. The standard InChI is InChI=1S/C15H20N2O4/c1-20-7-5-17(6-8-21-2)15(19)12-4-3-11-10-14(18)16-13(11)9-12/h3-4,9H,5-8,10H2,1-2H3,(H,16,18). The van der Waals surface area contributed by atoms with Crippen molar-refractivity contribution in [2.45, 2.75) is 6.42 Å². The second-order valence-corrected chi connectivity index (χ2v) is 4.87. The van der Waals surface area contributed by atoms with Crippen molar-refractivity contribution in [2.24, 2.45) is 0 Å². The Labute approximate surface area is 124 Å². The van der Waals surface area contributed by atoms with E-state index in [9.17, 15) is 9.59 Å². The van der Waals surface area contributed by atoms with Gasteiger partial charge >= 0.3 is 0 Å². The third-order valence-electron chi connectivity index (χ3n) is 3.40. The summed E-state index contributed by atoms with van der Waals surface area (Å²) >= 11 is 0. The molecule has 0 saturated heterocycles. The molecule has 0 spiro atoms. The van der Waals surface area contributed by atoms with E-state index in [1.54, 1.807) is 31.3 Å². The maximum absolute atomic E-state index is 12.5. The molecule has 114 valence electrons. The van der Waals surface area contributed by atoms with Crippen LogP contribution < -0.4 is 5.32 Å². The minimum Gasteiger partial charge on any atom is -0.383 e. The van der Waals surface area contributed by atoms with Crippen LogP contribution in [0.25, 0.3) is 0 Å². The lowest BCUT2D eigenvalue weighted by molar-refractivity contribution is -0.115. The molecule has 1 N–H and O–H groups in total. The van der Waals surface area contributed by atoms with Crippen molar-refractivity contribution in [1.82, 2.24) is 4.90 Å². The van der Waals surface area contributed by atoms with Gasteiger partial charge in [0.1, 0.15) is 0 Å². The maximum Gasteiger partial charge on any atom is 0.254 e. The Bertz CT molecular complexity index is 522. The van der Waals surface area contributed by atoms with Crippen molar-refractivity contribution in [1.29, 1.82) is 0 Å². The second kappa shape index (κ2) is 7.19. The fraction of sp³-hybridized carbons (Fsp3) is 0.467. The van der Waals surface area contributed by atoms with Crippen LogP contribution in [0, 0.1) is 0 Å². The molecule has 1 aliphatic heterocycles. The van der Waals surface area contributed by atoms with Gasteiger partial charge in [-0.05, 0) is 17.7 Å². The van der Waals surface area contributed by atoms with E-state index in [1.807, 2.05) is 6.07 Å². The molecule has 0 atom stereocenters. The normalized spacial score (nSPS) is 13.0. The Hall–Kier alpha value is -1.92. The Balaban J connectivity index is 2.12. The van der Waals surface area contributed by atoms with Crippen LogP contribution in [0.15, 0.2) is 18.2 Å². The number of amides is 2. The van der Waals surface area contributed by atoms with E-state index < -0.39 is 0 Å². The molecule has 0 aromatic heterocycles. The van der Waals surface area contributed by atoms with Gasteiger partial charge in [0.2, 0.25) is 5.91 Å². The number of benzene rings is 1. The van der Waals surface area contributed by atoms with Crippen LogP contribution >= 0.6 is 0 Å². The summed E-state index contributed by atoms with van der Waals surface area (Å²) in [6.45, 7) is 1.94. The summed E-state index contributed by atoms with van der Waals surface area (Å²) in [5.74, 6) is -0.127. The number of ether oxygens (including phenoxy) is 2. The molecule has 21 heavy (non-hydrogen) atoms. The van der Waals surface area contributed by atoms with Gasteiger partial charge in [0.15, 0.2) is 0 Å². The van der Waals surface area contributed by atoms with Gasteiger partial charge in [-0.15, -0.1) is 0 Å². The summed E-state index contributed by atoms with van der Waals surface area (Å²) in [6, 6.07) is 5.31. The number of nitrogens with zero attached hydrogens (tertiary/aromatic N) is 1. The minimum absolute atomic E-state index is 0.0368. The minimum atomic E-state index is -0.0898. The van der Waals surface area contributed by atoms with Crippen LogP contribution in [-0.2, 0) is 20.7 Å². The van der Waals surface area contributed by atoms with Crippen molar-refractivity contribution in [3.63, 3.8) is 0 Å². The summed E-state index contributed by atoms with van der Waals surface area (Å²) in [7, 11) is 3.20. The second-order valence-electron chi connectivity index (χ2n) is 4.87. The molecule has 0 aliphatic carbocycles. The van der Waals surface area contributed by atoms with Crippen molar-refractivity contribution in [3.8, 4) is 0 Å². The average Bonchev–Trinajstić information content (AvgIpc) is 2.85. The van der Waals surface area contributed by atoms with Crippen LogP contribution in [0.1, 0.15) is 15.9 Å². The van der Waals surface area contributed by atoms with Crippen molar-refractivity contribution >= 4 is 17.5 Å². The van der Waals surface area contributed by atoms with Crippen molar-refractivity contribution in [2.75, 3.05) is 45.8 Å². The number of anilines is 1. The van der Waals surface area contributed by atoms with E-state index >= 15 is 0 Å². The molecule has 0 radical (unpaired) electrons. The number of rotatable bonds is 7. The zero-order chi connectivity index (χ0) is 15.2. The number of fused-ring (bicyclic) bond motifs is 1. The highest BCUT2D eigenvalue weighted by Gasteiger charge is 2.21. The third kappa shape index (κ3) is 3.80. The first-order valence-electron chi connectivity index (χ1n) is 6.85. The molecule has 0 bridgehead atoms. The van der Waals surface area contributed by atoms with Crippen LogP contribution in [-0.4, -0.2) is 57.2 Å². The fourth-order valence-corrected chi connectivity index (χ4v) is 2.25. The topological polar surface area (TPSA) is 67.9 Å². The van der Waals surface area contributed by atoms with E-state index in [2.05, 4.69) is 5.32 Å². The van der Waals surface area contributed by atoms with Gasteiger partial charge in [-0.2, -0.15) is 0 Å². The van der Waals surface area contributed by atoms with E-state index in [1.165, 1.54) is 0 Å². The zero-order valence-corrected chi connectivity index (χ0v) is 12.3. The quantitative estimate of drug-likeness (QED) is 0.811. The number of methoxy groups -OCH3 is 2. The van der Waals surface area contributed by atoms with E-state index in [0.29, 0.717) is 38.3 Å². The molecule has 6 heteroatoms. The van der Waals surface area contributed by atoms with Crippen molar-refractivity contribution in [3.05, 3.63) is 29.3 Å². The monoisotopic (exact) mass is 292 g/mol. The van der Waals surface area contributed by atoms with Crippen LogP contribution in [0.2, 0.25) is 0 Å². The summed E-state index contributed by atoms with van der Waals surface area (Å²) in [5, 5.41) is 2.76. The average molecular weight is 292 g/mol. The Morgan fingerprint density at radius 3 is 2.52 bits per heavy atom. The Morgan fingerprint density at radius 1 is 1.24 bits per heavy atom. The lowest BCUT2D eigenvalue weighted by Gasteiger charge is -2.22. The van der Waals surface area contributed by atoms with Crippen LogP contribution in [0.3, 0.4) is 0 Å². The first-order chi connectivity index (χ1) is 10.2. The van der Waals surface area contributed by atoms with E-state index in [4.69, 9.17) is 9.47 Å². The molecule has 6 nitrogen and oxygen atoms in total. The van der Waals surface area contributed by atoms with Gasteiger partial charge in [0.05, 0.1) is 19.6 Å². The summed E-state index contributed by atoms with van der Waals surface area (Å²) in [6.07, 6.45) is 0.376. The van der Waals surface area contributed by atoms with Crippen LogP contribution in [0.5, 0.6) is 0 Å². The SMILES string of the molecule is COCCN(CCOC)C(=O)c1ccc2c(c1)NC(=O)C2. The molecule has 2 amide bonds. The number of nitrogens with one attached hydrogen (secondary N) is 1. The zero-order valence-electron chi connectivity index (χ0n) is 12.3. The van der Waals surface area contributed by atoms with Gasteiger partial charge in [0, 0.05) is 38.6 Å². The molecule has 0 saturated carbocycles. The molecular formula is C15H20N2O4. The van der Waals surface area contributed by atoms with Gasteiger partial charge < -0.3 is 19.7 Å². The summed E-state index contributed by atoms with van der Waals surface area (Å²) < 4.78 is 10.1. The number of carbonyl (C=O) groups excluding carboxylic acids is 2. The third-order valence-corrected chi connectivity index (χ3v) is 3.40. The maximum atomic E-state index is 12.5. The molecule has 2 rings (SSSR count). The molecule has 1 aliphatic rings. The predicted molar refractivity (Wildman–Crippen MR) is 78.4 cm³/mol. The summed E-state index contributed by atoms with van der Waals surface area (Å²) in [5.41, 5.74) is 2.21. The Morgan fingerprint density at radius 2 is 1.90 bits per heavy atom. The highest BCUT2D eigenvalue weighted by Crippen LogP contribution is 2.24. The van der Waals surface area contributed by atoms with Crippen molar-refractivity contribution < 1.29 is 19.1 Å². The fourth-order valence-electron chi connectivity index (χ4n) is 2.25. The van der Waals surface area contributed by atoms with Gasteiger partial charge in [-0.25, -0.2) is 0 Å². The highest BCUT2D eigenvalue weighted by atomic mass is 16.5.